The molecule has 0 bridgehead atoms. The lowest BCUT2D eigenvalue weighted by Crippen LogP contribution is -2.25. The minimum absolute atomic E-state index is 0.297. The molecule has 1 saturated heterocycles. The first-order valence-electron chi connectivity index (χ1n) is 5.21. The van der Waals surface area contributed by atoms with Gasteiger partial charge in [-0.05, 0) is 31.4 Å². The standard InChI is InChI=1S/C11H17NO2/c1-9(11-3-2-5-14-11)12-7-10-4-6-13-8-10/h2-3,5,9-10,12H,4,6-8H2,1H3/t9-,10?/m1/s1. The molecule has 78 valence electrons. The fraction of sp³-hybridized carbons (Fsp3) is 0.636. The molecule has 14 heavy (non-hydrogen) atoms. The van der Waals surface area contributed by atoms with Crippen molar-refractivity contribution in [3.63, 3.8) is 0 Å². The summed E-state index contributed by atoms with van der Waals surface area (Å²) in [6.45, 7) is 4.95. The molecule has 2 atom stereocenters. The van der Waals surface area contributed by atoms with E-state index in [9.17, 15) is 0 Å². The summed E-state index contributed by atoms with van der Waals surface area (Å²) < 4.78 is 10.6. The summed E-state index contributed by atoms with van der Waals surface area (Å²) >= 11 is 0. The molecule has 3 nitrogen and oxygen atoms in total. The Morgan fingerprint density at radius 1 is 1.64 bits per heavy atom. The Balaban J connectivity index is 1.74. The molecule has 1 unspecified atom stereocenters. The van der Waals surface area contributed by atoms with E-state index in [0.717, 1.165) is 25.5 Å². The second-order valence-corrected chi connectivity index (χ2v) is 3.87. The van der Waals surface area contributed by atoms with E-state index in [0.29, 0.717) is 12.0 Å². The molecular formula is C11H17NO2. The van der Waals surface area contributed by atoms with Crippen molar-refractivity contribution in [1.82, 2.24) is 5.32 Å². The van der Waals surface area contributed by atoms with Crippen LogP contribution < -0.4 is 5.32 Å². The molecule has 2 heterocycles. The van der Waals surface area contributed by atoms with Crippen LogP contribution in [-0.2, 0) is 4.74 Å². The highest BCUT2D eigenvalue weighted by atomic mass is 16.5. The Morgan fingerprint density at radius 2 is 2.57 bits per heavy atom. The molecule has 0 aliphatic carbocycles. The van der Waals surface area contributed by atoms with Gasteiger partial charge in [0.25, 0.3) is 0 Å². The number of furan rings is 1. The quantitative estimate of drug-likeness (QED) is 0.797. The molecule has 1 aromatic heterocycles. The summed E-state index contributed by atoms with van der Waals surface area (Å²) in [5.41, 5.74) is 0. The highest BCUT2D eigenvalue weighted by molar-refractivity contribution is 5.02. The summed E-state index contributed by atoms with van der Waals surface area (Å²) in [5, 5.41) is 3.45. The molecule has 0 saturated carbocycles. The molecule has 1 fully saturated rings. The van der Waals surface area contributed by atoms with Crippen LogP contribution in [0.1, 0.15) is 25.1 Å². The van der Waals surface area contributed by atoms with Crippen LogP contribution in [0.5, 0.6) is 0 Å². The smallest absolute Gasteiger partial charge is 0.120 e. The first kappa shape index (κ1) is 9.74. The average molecular weight is 195 g/mol. The van der Waals surface area contributed by atoms with Crippen LogP contribution in [0, 0.1) is 5.92 Å². The van der Waals surface area contributed by atoms with Crippen LogP contribution in [0.15, 0.2) is 22.8 Å². The van der Waals surface area contributed by atoms with Gasteiger partial charge in [0, 0.05) is 13.2 Å². The van der Waals surface area contributed by atoms with Gasteiger partial charge in [-0.2, -0.15) is 0 Å². The Hall–Kier alpha value is -0.800. The normalized spacial score (nSPS) is 23.9. The number of nitrogens with one attached hydrogen (secondary N) is 1. The summed E-state index contributed by atoms with van der Waals surface area (Å²) in [6.07, 6.45) is 2.89. The molecule has 1 aliphatic heterocycles. The molecule has 0 spiro atoms. The van der Waals surface area contributed by atoms with Crippen molar-refractivity contribution in [2.24, 2.45) is 5.92 Å². The lowest BCUT2D eigenvalue weighted by atomic mass is 10.1. The summed E-state index contributed by atoms with van der Waals surface area (Å²) in [6, 6.07) is 4.22. The van der Waals surface area contributed by atoms with Crippen molar-refractivity contribution >= 4 is 0 Å². The molecule has 3 heteroatoms. The van der Waals surface area contributed by atoms with Gasteiger partial charge in [-0.25, -0.2) is 0 Å². The highest BCUT2D eigenvalue weighted by Crippen LogP contribution is 2.15. The fourth-order valence-electron chi connectivity index (χ4n) is 1.73. The molecule has 1 N–H and O–H groups in total. The summed E-state index contributed by atoms with van der Waals surface area (Å²) in [5.74, 6) is 1.68. The predicted molar refractivity (Wildman–Crippen MR) is 54.1 cm³/mol. The second-order valence-electron chi connectivity index (χ2n) is 3.87. The molecule has 1 aromatic rings. The minimum atomic E-state index is 0.297. The maximum Gasteiger partial charge on any atom is 0.120 e. The maximum atomic E-state index is 5.32. The third kappa shape index (κ3) is 2.36. The van der Waals surface area contributed by atoms with E-state index in [1.54, 1.807) is 6.26 Å². The number of rotatable bonds is 4. The van der Waals surface area contributed by atoms with Crippen molar-refractivity contribution in [2.75, 3.05) is 19.8 Å². The van der Waals surface area contributed by atoms with Gasteiger partial charge in [-0.15, -0.1) is 0 Å². The van der Waals surface area contributed by atoms with Gasteiger partial charge in [0.15, 0.2) is 0 Å². The maximum absolute atomic E-state index is 5.32. The van der Waals surface area contributed by atoms with Crippen molar-refractivity contribution in [3.8, 4) is 0 Å². The Labute approximate surface area is 84.4 Å². The zero-order valence-electron chi connectivity index (χ0n) is 8.53. The van der Waals surface area contributed by atoms with Gasteiger partial charge in [-0.3, -0.25) is 0 Å². The first-order valence-corrected chi connectivity index (χ1v) is 5.21. The van der Waals surface area contributed by atoms with Crippen molar-refractivity contribution < 1.29 is 9.15 Å². The Morgan fingerprint density at radius 3 is 3.21 bits per heavy atom. The van der Waals surface area contributed by atoms with E-state index in [2.05, 4.69) is 12.2 Å². The van der Waals surface area contributed by atoms with Gasteiger partial charge in [-0.1, -0.05) is 0 Å². The largest absolute Gasteiger partial charge is 0.468 e. The van der Waals surface area contributed by atoms with Crippen LogP contribution in [0.2, 0.25) is 0 Å². The number of hydrogen-bond acceptors (Lipinski definition) is 3. The molecule has 1 aliphatic rings. The van der Waals surface area contributed by atoms with E-state index >= 15 is 0 Å². The second kappa shape index (κ2) is 4.62. The lowest BCUT2D eigenvalue weighted by molar-refractivity contribution is 0.184. The van der Waals surface area contributed by atoms with E-state index < -0.39 is 0 Å². The van der Waals surface area contributed by atoms with E-state index in [1.165, 1.54) is 6.42 Å². The Kier molecular flexibility index (Phi) is 3.22. The van der Waals surface area contributed by atoms with Gasteiger partial charge >= 0.3 is 0 Å². The van der Waals surface area contributed by atoms with Gasteiger partial charge in [0.1, 0.15) is 5.76 Å². The van der Waals surface area contributed by atoms with E-state index in [1.807, 2.05) is 12.1 Å². The monoisotopic (exact) mass is 195 g/mol. The molecule has 0 aromatic carbocycles. The van der Waals surface area contributed by atoms with Crippen molar-refractivity contribution in [3.05, 3.63) is 24.2 Å². The number of hydrogen-bond donors (Lipinski definition) is 1. The van der Waals surface area contributed by atoms with Crippen LogP contribution >= 0.6 is 0 Å². The van der Waals surface area contributed by atoms with E-state index in [4.69, 9.17) is 9.15 Å². The molecule has 0 radical (unpaired) electrons. The number of ether oxygens (including phenoxy) is 1. The third-order valence-electron chi connectivity index (χ3n) is 2.71. The van der Waals surface area contributed by atoms with Crippen molar-refractivity contribution in [2.45, 2.75) is 19.4 Å². The summed E-state index contributed by atoms with van der Waals surface area (Å²) in [4.78, 5) is 0. The average Bonchev–Trinajstić information content (AvgIpc) is 2.87. The van der Waals surface area contributed by atoms with Crippen LogP contribution in [0.3, 0.4) is 0 Å². The zero-order chi connectivity index (χ0) is 9.80. The predicted octanol–water partition coefficient (Wildman–Crippen LogP) is 1.97. The van der Waals surface area contributed by atoms with Gasteiger partial charge in [0.05, 0.1) is 18.9 Å². The molecular weight excluding hydrogens is 178 g/mol. The topological polar surface area (TPSA) is 34.4 Å². The third-order valence-corrected chi connectivity index (χ3v) is 2.71. The first-order chi connectivity index (χ1) is 6.86. The van der Waals surface area contributed by atoms with Crippen LogP contribution in [-0.4, -0.2) is 19.8 Å². The Bertz CT molecular complexity index is 252. The van der Waals surface area contributed by atoms with Gasteiger partial charge < -0.3 is 14.5 Å². The summed E-state index contributed by atoms with van der Waals surface area (Å²) in [7, 11) is 0. The lowest BCUT2D eigenvalue weighted by Gasteiger charge is -2.14. The van der Waals surface area contributed by atoms with Crippen LogP contribution in [0.25, 0.3) is 0 Å². The van der Waals surface area contributed by atoms with E-state index in [-0.39, 0.29) is 0 Å². The molecule has 0 amide bonds. The van der Waals surface area contributed by atoms with Crippen LogP contribution in [0.4, 0.5) is 0 Å². The van der Waals surface area contributed by atoms with Crippen molar-refractivity contribution in [1.29, 1.82) is 0 Å². The highest BCUT2D eigenvalue weighted by Gasteiger charge is 2.16. The fourth-order valence-corrected chi connectivity index (χ4v) is 1.73. The molecule has 2 rings (SSSR count). The van der Waals surface area contributed by atoms with Gasteiger partial charge in [0.2, 0.25) is 0 Å². The minimum Gasteiger partial charge on any atom is -0.468 e. The zero-order valence-corrected chi connectivity index (χ0v) is 8.53. The SMILES string of the molecule is C[C@@H](NCC1CCOC1)c1ccco1.